The molecule has 0 aliphatic carbocycles. The first-order chi connectivity index (χ1) is 7.06. The number of likely N-dealkylation sites (N-methyl/N-ethyl adjacent to an activating group) is 1. The molecule has 0 saturated heterocycles. The normalized spacial score (nSPS) is 10.1. The summed E-state index contributed by atoms with van der Waals surface area (Å²) in [5, 5.41) is 0.365. The topological polar surface area (TPSA) is 72.3 Å². The Balaban J connectivity index is 2.96. The molecule has 1 aromatic rings. The maximum absolute atomic E-state index is 10.9. The van der Waals surface area contributed by atoms with Gasteiger partial charge >= 0.3 is 0 Å². The van der Waals surface area contributed by atoms with E-state index in [1.165, 1.54) is 0 Å². The molecule has 0 unspecified atom stereocenters. The lowest BCUT2D eigenvalue weighted by atomic mass is 10.2. The molecule has 0 saturated carbocycles. The summed E-state index contributed by atoms with van der Waals surface area (Å²) in [5.41, 5.74) is 11.8. The molecule has 82 valence electrons. The number of primary amides is 1. The average Bonchev–Trinajstić information content (AvgIpc) is 2.17. The number of amides is 1. The summed E-state index contributed by atoms with van der Waals surface area (Å²) in [4.78, 5) is 12.9. The van der Waals surface area contributed by atoms with Crippen LogP contribution in [0, 0.1) is 0 Å². The lowest BCUT2D eigenvalue weighted by molar-refractivity contribution is 0.100. The maximum Gasteiger partial charge on any atom is 0.250 e. The first-order valence-electron chi connectivity index (χ1n) is 4.57. The van der Waals surface area contributed by atoms with E-state index in [4.69, 9.17) is 23.1 Å². The van der Waals surface area contributed by atoms with Crippen LogP contribution in [-0.4, -0.2) is 26.0 Å². The van der Waals surface area contributed by atoms with Gasteiger partial charge in [0.05, 0.1) is 10.6 Å². The Morgan fingerprint density at radius 3 is 2.67 bits per heavy atom. The third kappa shape index (κ3) is 2.84. The minimum absolute atomic E-state index is 0.335. The van der Waals surface area contributed by atoms with Crippen molar-refractivity contribution in [3.8, 4) is 0 Å². The zero-order valence-electron chi connectivity index (χ0n) is 8.53. The molecule has 0 radical (unpaired) electrons. The fourth-order valence-corrected chi connectivity index (χ4v) is 1.53. The Bertz CT molecular complexity index is 368. The second kappa shape index (κ2) is 5.00. The van der Waals surface area contributed by atoms with E-state index in [0.717, 1.165) is 12.2 Å². The van der Waals surface area contributed by atoms with Crippen LogP contribution in [0.1, 0.15) is 10.4 Å². The fourth-order valence-electron chi connectivity index (χ4n) is 1.26. The summed E-state index contributed by atoms with van der Waals surface area (Å²) in [7, 11) is 1.91. The maximum atomic E-state index is 10.9. The average molecular weight is 228 g/mol. The number of carbonyl (C=O) groups excluding carboxylic acids is 1. The molecule has 4 N–H and O–H groups in total. The Labute approximate surface area is 93.8 Å². The van der Waals surface area contributed by atoms with Crippen molar-refractivity contribution in [1.29, 1.82) is 0 Å². The van der Waals surface area contributed by atoms with Crippen LogP contribution < -0.4 is 16.4 Å². The van der Waals surface area contributed by atoms with Crippen molar-refractivity contribution in [2.45, 2.75) is 0 Å². The standard InChI is InChI=1S/C10H14ClN3O/c1-14(5-4-12)7-2-3-8(10(13)15)9(11)6-7/h2-3,6H,4-5,12H2,1H3,(H2,13,15). The lowest BCUT2D eigenvalue weighted by Gasteiger charge is -2.18. The third-order valence-electron chi connectivity index (χ3n) is 2.12. The van der Waals surface area contributed by atoms with E-state index in [-0.39, 0.29) is 0 Å². The van der Waals surface area contributed by atoms with Crippen LogP contribution in [0.3, 0.4) is 0 Å². The molecule has 0 fully saturated rings. The van der Waals surface area contributed by atoms with E-state index < -0.39 is 5.91 Å². The molecular formula is C10H14ClN3O. The van der Waals surface area contributed by atoms with E-state index >= 15 is 0 Å². The molecule has 0 heterocycles. The van der Waals surface area contributed by atoms with E-state index in [1.54, 1.807) is 18.2 Å². The highest BCUT2D eigenvalue weighted by Gasteiger charge is 2.08. The lowest BCUT2D eigenvalue weighted by Crippen LogP contribution is -2.25. The highest BCUT2D eigenvalue weighted by molar-refractivity contribution is 6.34. The molecule has 1 rings (SSSR count). The van der Waals surface area contributed by atoms with Crippen molar-refractivity contribution in [3.05, 3.63) is 28.8 Å². The molecule has 4 nitrogen and oxygen atoms in total. The first-order valence-corrected chi connectivity index (χ1v) is 4.94. The summed E-state index contributed by atoms with van der Waals surface area (Å²) >= 11 is 5.91. The number of rotatable bonds is 4. The van der Waals surface area contributed by atoms with Crippen molar-refractivity contribution < 1.29 is 4.79 Å². The van der Waals surface area contributed by atoms with Gasteiger partial charge in [-0.25, -0.2) is 0 Å². The molecule has 0 bridgehead atoms. The molecule has 0 spiro atoms. The Kier molecular flexibility index (Phi) is 3.94. The second-order valence-corrected chi connectivity index (χ2v) is 3.65. The molecule has 0 aliphatic rings. The zero-order valence-corrected chi connectivity index (χ0v) is 9.29. The van der Waals surface area contributed by atoms with Crippen LogP contribution in [0.2, 0.25) is 5.02 Å². The third-order valence-corrected chi connectivity index (χ3v) is 2.44. The number of carbonyl (C=O) groups is 1. The SMILES string of the molecule is CN(CCN)c1ccc(C(N)=O)c(Cl)c1. The second-order valence-electron chi connectivity index (χ2n) is 3.24. The zero-order chi connectivity index (χ0) is 11.4. The van der Waals surface area contributed by atoms with Gasteiger partial charge in [-0.1, -0.05) is 11.6 Å². The van der Waals surface area contributed by atoms with Crippen LogP contribution >= 0.6 is 11.6 Å². The number of hydrogen-bond acceptors (Lipinski definition) is 3. The van der Waals surface area contributed by atoms with E-state index in [1.807, 2.05) is 11.9 Å². The van der Waals surface area contributed by atoms with Crippen molar-refractivity contribution in [2.75, 3.05) is 25.0 Å². The molecule has 5 heteroatoms. The quantitative estimate of drug-likeness (QED) is 0.801. The van der Waals surface area contributed by atoms with E-state index in [9.17, 15) is 4.79 Å². The summed E-state index contributed by atoms with van der Waals surface area (Å²) in [6.45, 7) is 1.29. The van der Waals surface area contributed by atoms with Crippen molar-refractivity contribution in [2.24, 2.45) is 11.5 Å². The molecule has 0 atom stereocenters. The smallest absolute Gasteiger partial charge is 0.250 e. The first kappa shape index (κ1) is 11.8. The van der Waals surface area contributed by atoms with Gasteiger partial charge in [-0.3, -0.25) is 4.79 Å². The summed E-state index contributed by atoms with van der Waals surface area (Å²) in [6, 6.07) is 5.12. The van der Waals surface area contributed by atoms with Crippen LogP contribution in [-0.2, 0) is 0 Å². The van der Waals surface area contributed by atoms with Crippen LogP contribution in [0.15, 0.2) is 18.2 Å². The van der Waals surface area contributed by atoms with Gasteiger partial charge in [0, 0.05) is 25.8 Å². The van der Waals surface area contributed by atoms with Crippen LogP contribution in [0.4, 0.5) is 5.69 Å². The van der Waals surface area contributed by atoms with Gasteiger partial charge in [0.2, 0.25) is 5.91 Å². The monoisotopic (exact) mass is 227 g/mol. The van der Waals surface area contributed by atoms with Gasteiger partial charge in [0.1, 0.15) is 0 Å². The van der Waals surface area contributed by atoms with Crippen LogP contribution in [0.5, 0.6) is 0 Å². The Hall–Kier alpha value is -1.26. The summed E-state index contributed by atoms with van der Waals surface area (Å²) in [5.74, 6) is -0.520. The molecule has 0 aliphatic heterocycles. The number of halogens is 1. The van der Waals surface area contributed by atoms with E-state index in [2.05, 4.69) is 0 Å². The minimum Gasteiger partial charge on any atom is -0.373 e. The highest BCUT2D eigenvalue weighted by atomic mass is 35.5. The summed E-state index contributed by atoms with van der Waals surface area (Å²) in [6.07, 6.45) is 0. The van der Waals surface area contributed by atoms with Gasteiger partial charge in [-0.2, -0.15) is 0 Å². The fraction of sp³-hybridized carbons (Fsp3) is 0.300. The molecular weight excluding hydrogens is 214 g/mol. The van der Waals surface area contributed by atoms with Gasteiger partial charge in [0.15, 0.2) is 0 Å². The number of anilines is 1. The number of nitrogens with two attached hydrogens (primary N) is 2. The van der Waals surface area contributed by atoms with Crippen LogP contribution in [0.25, 0.3) is 0 Å². The van der Waals surface area contributed by atoms with Crippen molar-refractivity contribution in [3.63, 3.8) is 0 Å². The molecule has 0 aromatic heterocycles. The van der Waals surface area contributed by atoms with Crippen molar-refractivity contribution >= 4 is 23.2 Å². The predicted molar refractivity (Wildman–Crippen MR) is 62.3 cm³/mol. The number of hydrogen-bond donors (Lipinski definition) is 2. The van der Waals surface area contributed by atoms with Crippen molar-refractivity contribution in [1.82, 2.24) is 0 Å². The minimum atomic E-state index is -0.520. The Morgan fingerprint density at radius 2 is 2.20 bits per heavy atom. The van der Waals surface area contributed by atoms with Gasteiger partial charge in [-0.05, 0) is 18.2 Å². The van der Waals surface area contributed by atoms with Gasteiger partial charge in [-0.15, -0.1) is 0 Å². The number of nitrogens with zero attached hydrogens (tertiary/aromatic N) is 1. The largest absolute Gasteiger partial charge is 0.373 e. The number of benzene rings is 1. The van der Waals surface area contributed by atoms with Gasteiger partial charge < -0.3 is 16.4 Å². The highest BCUT2D eigenvalue weighted by Crippen LogP contribution is 2.22. The molecule has 15 heavy (non-hydrogen) atoms. The Morgan fingerprint density at radius 1 is 1.53 bits per heavy atom. The summed E-state index contributed by atoms with van der Waals surface area (Å²) < 4.78 is 0. The van der Waals surface area contributed by atoms with E-state index in [0.29, 0.717) is 17.1 Å². The predicted octanol–water partition coefficient (Wildman–Crippen LogP) is 0.834. The molecule has 1 amide bonds. The molecule has 1 aromatic carbocycles. The van der Waals surface area contributed by atoms with Gasteiger partial charge in [0.25, 0.3) is 0 Å².